The number of hydrogen-bond acceptors (Lipinski definition) is 3. The van der Waals surface area contributed by atoms with E-state index in [2.05, 4.69) is 54.1 Å². The van der Waals surface area contributed by atoms with Crippen molar-refractivity contribution in [3.63, 3.8) is 0 Å². The van der Waals surface area contributed by atoms with Gasteiger partial charge < -0.3 is 14.6 Å². The van der Waals surface area contributed by atoms with Crippen LogP contribution in [-0.2, 0) is 13.0 Å². The summed E-state index contributed by atoms with van der Waals surface area (Å²) < 4.78 is 8.23. The van der Waals surface area contributed by atoms with Crippen LogP contribution in [0.25, 0.3) is 11.0 Å². The largest absolute Gasteiger partial charge is 0.494 e. The van der Waals surface area contributed by atoms with E-state index in [9.17, 15) is 4.79 Å². The molecular weight excluding hydrogens is 470 g/mol. The molecule has 0 aliphatic heterocycles. The molecule has 0 aliphatic rings. The zero-order valence-electron chi connectivity index (χ0n) is 21.0. The number of hydrogen-bond donors (Lipinski definition) is 1. The van der Waals surface area contributed by atoms with Crippen LogP contribution in [-0.4, -0.2) is 28.6 Å². The highest BCUT2D eigenvalue weighted by Gasteiger charge is 2.13. The predicted octanol–water partition coefficient (Wildman–Crippen LogP) is 7.03. The lowest BCUT2D eigenvalue weighted by atomic mass is 9.99. The fraction of sp³-hybridized carbons (Fsp3) is 0.333. The second kappa shape index (κ2) is 12.6. The highest BCUT2D eigenvalue weighted by Crippen LogP contribution is 2.22. The molecule has 5 nitrogen and oxygen atoms in total. The van der Waals surface area contributed by atoms with Gasteiger partial charge in [0.05, 0.1) is 28.2 Å². The first-order valence-electron chi connectivity index (χ1n) is 12.8. The summed E-state index contributed by atoms with van der Waals surface area (Å²) in [6, 6.07) is 23.7. The first kappa shape index (κ1) is 25.8. The number of para-hydroxylation sites is 2. The number of nitrogens with zero attached hydrogens (tertiary/aromatic N) is 2. The van der Waals surface area contributed by atoms with Crippen molar-refractivity contribution in [2.45, 2.75) is 52.0 Å². The molecule has 0 bridgehead atoms. The van der Waals surface area contributed by atoms with Gasteiger partial charge in [-0.15, -0.1) is 0 Å². The second-order valence-electron chi connectivity index (χ2n) is 9.09. The van der Waals surface area contributed by atoms with E-state index in [0.717, 1.165) is 48.4 Å². The fourth-order valence-corrected chi connectivity index (χ4v) is 4.51. The van der Waals surface area contributed by atoms with Crippen LogP contribution in [0.2, 0.25) is 5.02 Å². The van der Waals surface area contributed by atoms with Crippen LogP contribution in [0.4, 0.5) is 0 Å². The molecule has 1 atom stereocenters. The highest BCUT2D eigenvalue weighted by molar-refractivity contribution is 6.33. The summed E-state index contributed by atoms with van der Waals surface area (Å²) in [5.41, 5.74) is 3.93. The van der Waals surface area contributed by atoms with E-state index in [0.29, 0.717) is 36.1 Å². The Balaban J connectivity index is 1.30. The first-order valence-corrected chi connectivity index (χ1v) is 13.1. The molecule has 4 rings (SSSR count). The van der Waals surface area contributed by atoms with E-state index < -0.39 is 0 Å². The average molecular weight is 504 g/mol. The monoisotopic (exact) mass is 503 g/mol. The number of unbranched alkanes of at least 4 members (excludes halogenated alkanes) is 1. The minimum Gasteiger partial charge on any atom is -0.494 e. The van der Waals surface area contributed by atoms with Gasteiger partial charge >= 0.3 is 0 Å². The number of ether oxygens (including phenoxy) is 1. The Bertz CT molecular complexity index is 1280. The van der Waals surface area contributed by atoms with Crippen LogP contribution in [0, 0.1) is 0 Å². The molecule has 0 saturated heterocycles. The quantitative estimate of drug-likeness (QED) is 0.211. The number of carbonyl (C=O) groups is 1. The van der Waals surface area contributed by atoms with Crippen molar-refractivity contribution in [3.05, 3.63) is 94.8 Å². The number of imidazole rings is 1. The molecule has 36 heavy (non-hydrogen) atoms. The molecule has 1 unspecified atom stereocenters. The summed E-state index contributed by atoms with van der Waals surface area (Å²) in [6.07, 6.45) is 3.70. The van der Waals surface area contributed by atoms with Crippen LogP contribution in [0.15, 0.2) is 72.8 Å². The molecule has 0 saturated carbocycles. The van der Waals surface area contributed by atoms with Crippen LogP contribution < -0.4 is 10.1 Å². The van der Waals surface area contributed by atoms with E-state index in [1.807, 2.05) is 30.3 Å². The van der Waals surface area contributed by atoms with Crippen LogP contribution >= 0.6 is 11.6 Å². The van der Waals surface area contributed by atoms with Crippen molar-refractivity contribution < 1.29 is 9.53 Å². The molecule has 1 amide bonds. The number of aryl methyl sites for hydroxylation is 1. The Morgan fingerprint density at radius 3 is 2.56 bits per heavy atom. The van der Waals surface area contributed by atoms with E-state index in [-0.39, 0.29) is 5.91 Å². The number of halogens is 1. The van der Waals surface area contributed by atoms with Crippen LogP contribution in [0.1, 0.15) is 60.8 Å². The smallest absolute Gasteiger partial charge is 0.252 e. The third kappa shape index (κ3) is 6.46. The van der Waals surface area contributed by atoms with Gasteiger partial charge in [-0.3, -0.25) is 4.79 Å². The van der Waals surface area contributed by atoms with Gasteiger partial charge in [0, 0.05) is 19.5 Å². The SMILES string of the molecule is CCC(C)c1ccc(OCCCCn2c(CCNC(=O)c3ccccc3Cl)nc3ccccc32)cc1. The van der Waals surface area contributed by atoms with Crippen molar-refractivity contribution in [2.24, 2.45) is 0 Å². The van der Waals surface area contributed by atoms with E-state index >= 15 is 0 Å². The first-order chi connectivity index (χ1) is 17.6. The van der Waals surface area contributed by atoms with Crippen LogP contribution in [0.5, 0.6) is 5.75 Å². The molecule has 3 aromatic carbocycles. The maximum Gasteiger partial charge on any atom is 0.252 e. The topological polar surface area (TPSA) is 56.1 Å². The second-order valence-corrected chi connectivity index (χ2v) is 9.50. The number of aromatic nitrogens is 2. The minimum atomic E-state index is -0.169. The summed E-state index contributed by atoms with van der Waals surface area (Å²) in [4.78, 5) is 17.3. The predicted molar refractivity (Wildman–Crippen MR) is 147 cm³/mol. The van der Waals surface area contributed by atoms with Gasteiger partial charge in [0.2, 0.25) is 0 Å². The van der Waals surface area contributed by atoms with Crippen molar-refractivity contribution in [3.8, 4) is 5.75 Å². The maximum atomic E-state index is 12.5. The Kier molecular flexibility index (Phi) is 9.01. The van der Waals surface area contributed by atoms with Gasteiger partial charge in [0.15, 0.2) is 0 Å². The minimum absolute atomic E-state index is 0.169. The number of fused-ring (bicyclic) bond motifs is 1. The van der Waals surface area contributed by atoms with Crippen molar-refractivity contribution in [1.29, 1.82) is 0 Å². The lowest BCUT2D eigenvalue weighted by molar-refractivity contribution is 0.0954. The van der Waals surface area contributed by atoms with Crippen molar-refractivity contribution >= 4 is 28.5 Å². The molecule has 0 fully saturated rings. The number of benzene rings is 3. The molecule has 4 aromatic rings. The van der Waals surface area contributed by atoms with Gasteiger partial charge in [0.1, 0.15) is 11.6 Å². The number of nitrogens with one attached hydrogen (secondary N) is 1. The zero-order valence-corrected chi connectivity index (χ0v) is 21.8. The van der Waals surface area contributed by atoms with Gasteiger partial charge in [-0.25, -0.2) is 4.98 Å². The Morgan fingerprint density at radius 2 is 1.78 bits per heavy atom. The van der Waals surface area contributed by atoms with Gasteiger partial charge in [0.25, 0.3) is 5.91 Å². The lowest BCUT2D eigenvalue weighted by Gasteiger charge is -2.12. The molecule has 0 radical (unpaired) electrons. The lowest BCUT2D eigenvalue weighted by Crippen LogP contribution is -2.26. The fourth-order valence-electron chi connectivity index (χ4n) is 4.28. The molecule has 0 aliphatic carbocycles. The third-order valence-corrected chi connectivity index (χ3v) is 6.92. The summed E-state index contributed by atoms with van der Waals surface area (Å²) in [5, 5.41) is 3.43. The molecule has 1 N–H and O–H groups in total. The molecular formula is C30H34ClN3O2. The Morgan fingerprint density at radius 1 is 1.03 bits per heavy atom. The van der Waals surface area contributed by atoms with E-state index in [1.54, 1.807) is 12.1 Å². The molecule has 188 valence electrons. The Labute approximate surface area is 218 Å². The Hall–Kier alpha value is -3.31. The normalized spacial score (nSPS) is 12.0. The number of carbonyl (C=O) groups excluding carboxylic acids is 1. The maximum absolute atomic E-state index is 12.5. The standard InChI is InChI=1S/C30H34ClN3O2/c1-3-22(2)23-14-16-24(17-15-23)36-21-9-8-20-34-28-13-7-6-12-27(28)33-29(34)18-19-32-30(35)25-10-4-5-11-26(25)31/h4-7,10-17,22H,3,8-9,18-21H2,1-2H3,(H,32,35). The van der Waals surface area contributed by atoms with Gasteiger partial charge in [-0.1, -0.05) is 61.8 Å². The summed E-state index contributed by atoms with van der Waals surface area (Å²) in [7, 11) is 0. The molecule has 6 heteroatoms. The highest BCUT2D eigenvalue weighted by atomic mass is 35.5. The van der Waals surface area contributed by atoms with Crippen molar-refractivity contribution in [2.75, 3.05) is 13.2 Å². The van der Waals surface area contributed by atoms with Crippen LogP contribution in [0.3, 0.4) is 0 Å². The van der Waals surface area contributed by atoms with Crippen molar-refractivity contribution in [1.82, 2.24) is 14.9 Å². The van der Waals surface area contributed by atoms with E-state index in [4.69, 9.17) is 21.3 Å². The number of rotatable bonds is 12. The summed E-state index contributed by atoms with van der Waals surface area (Å²) >= 11 is 6.15. The molecule has 1 aromatic heterocycles. The zero-order chi connectivity index (χ0) is 25.3. The molecule has 1 heterocycles. The molecule has 0 spiro atoms. The van der Waals surface area contributed by atoms with Gasteiger partial charge in [-0.2, -0.15) is 0 Å². The number of amides is 1. The van der Waals surface area contributed by atoms with E-state index in [1.165, 1.54) is 5.56 Å². The van der Waals surface area contributed by atoms with Gasteiger partial charge in [-0.05, 0) is 67.1 Å². The summed E-state index contributed by atoms with van der Waals surface area (Å²) in [5.74, 6) is 2.29. The summed E-state index contributed by atoms with van der Waals surface area (Å²) in [6.45, 7) is 6.48. The average Bonchev–Trinajstić information content (AvgIpc) is 3.25. The third-order valence-electron chi connectivity index (χ3n) is 6.59.